The molecule has 0 amide bonds. The van der Waals surface area contributed by atoms with Crippen molar-refractivity contribution in [3.63, 3.8) is 0 Å². The van der Waals surface area contributed by atoms with Gasteiger partial charge in [-0.3, -0.25) is 10.1 Å². The number of hydrogen-bond acceptors (Lipinski definition) is 5. The monoisotopic (exact) mass is 234 g/mol. The number of hydrogen-bond donors (Lipinski definition) is 0. The van der Waals surface area contributed by atoms with Crippen LogP contribution in [-0.4, -0.2) is 18.1 Å². The second-order valence-corrected chi connectivity index (χ2v) is 3.74. The average molecular weight is 234 g/mol. The minimum absolute atomic E-state index is 0.00725. The summed E-state index contributed by atoms with van der Waals surface area (Å²) in [5, 5.41) is 19.6. The van der Waals surface area contributed by atoms with Crippen molar-refractivity contribution in [1.29, 1.82) is 5.26 Å². The fraction of sp³-hybridized carbons (Fsp3) is 0.364. The molecule has 0 saturated carbocycles. The van der Waals surface area contributed by atoms with E-state index in [9.17, 15) is 10.1 Å². The third-order valence-corrected chi connectivity index (χ3v) is 2.68. The lowest BCUT2D eigenvalue weighted by molar-refractivity contribution is -0.385. The largest absolute Gasteiger partial charge is 0.344 e. The number of nitrogens with zero attached hydrogens (tertiary/aromatic N) is 2. The van der Waals surface area contributed by atoms with E-state index in [0.717, 1.165) is 0 Å². The molecule has 0 N–H and O–H groups in total. The molecule has 1 saturated heterocycles. The molecule has 0 atom stereocenters. The van der Waals surface area contributed by atoms with E-state index in [-0.39, 0.29) is 11.3 Å². The Morgan fingerprint density at radius 1 is 1.47 bits per heavy atom. The van der Waals surface area contributed by atoms with Gasteiger partial charge in [-0.2, -0.15) is 5.26 Å². The lowest BCUT2D eigenvalue weighted by atomic mass is 10.0. The maximum atomic E-state index is 10.7. The number of rotatable bonds is 2. The molecule has 1 heterocycles. The molecule has 0 aromatic heterocycles. The molecule has 2 rings (SSSR count). The molecule has 0 aliphatic carbocycles. The number of benzene rings is 1. The zero-order valence-corrected chi connectivity index (χ0v) is 9.17. The fourth-order valence-electron chi connectivity index (χ4n) is 1.75. The van der Waals surface area contributed by atoms with Gasteiger partial charge in [0, 0.05) is 11.6 Å². The highest BCUT2D eigenvalue weighted by Crippen LogP contribution is 2.33. The second-order valence-electron chi connectivity index (χ2n) is 3.74. The lowest BCUT2D eigenvalue weighted by Crippen LogP contribution is -2.22. The van der Waals surface area contributed by atoms with Gasteiger partial charge in [0.2, 0.25) is 0 Å². The van der Waals surface area contributed by atoms with Gasteiger partial charge < -0.3 is 9.47 Å². The van der Waals surface area contributed by atoms with Crippen LogP contribution in [-0.2, 0) is 15.3 Å². The van der Waals surface area contributed by atoms with Crippen molar-refractivity contribution >= 4 is 5.69 Å². The van der Waals surface area contributed by atoms with E-state index < -0.39 is 10.7 Å². The first kappa shape index (κ1) is 11.5. The number of ether oxygens (including phenoxy) is 2. The summed E-state index contributed by atoms with van der Waals surface area (Å²) in [6.45, 7) is 2.66. The van der Waals surface area contributed by atoms with Gasteiger partial charge in [0.1, 0.15) is 11.6 Å². The van der Waals surface area contributed by atoms with Crippen molar-refractivity contribution < 1.29 is 14.4 Å². The minimum Gasteiger partial charge on any atom is -0.344 e. The molecule has 1 aromatic rings. The number of nitro groups is 1. The highest BCUT2D eigenvalue weighted by atomic mass is 16.7. The molecule has 17 heavy (non-hydrogen) atoms. The smallest absolute Gasteiger partial charge is 0.287 e. The molecule has 1 aromatic carbocycles. The van der Waals surface area contributed by atoms with Crippen molar-refractivity contribution in [2.24, 2.45) is 0 Å². The van der Waals surface area contributed by atoms with Crippen molar-refractivity contribution in [2.75, 3.05) is 13.2 Å². The maximum absolute atomic E-state index is 10.7. The Morgan fingerprint density at radius 3 is 2.65 bits per heavy atom. The Bertz CT molecular complexity index is 501. The van der Waals surface area contributed by atoms with Crippen LogP contribution >= 0.6 is 0 Å². The lowest BCUT2D eigenvalue weighted by Gasteiger charge is -2.22. The van der Waals surface area contributed by atoms with Crippen LogP contribution in [0, 0.1) is 21.4 Å². The Morgan fingerprint density at radius 2 is 2.12 bits per heavy atom. The van der Waals surface area contributed by atoms with Crippen molar-refractivity contribution in [3.05, 3.63) is 39.4 Å². The summed E-state index contributed by atoms with van der Waals surface area (Å²) < 4.78 is 10.8. The number of nitro benzene ring substituents is 1. The van der Waals surface area contributed by atoms with Crippen molar-refractivity contribution in [1.82, 2.24) is 0 Å². The topological polar surface area (TPSA) is 85.4 Å². The van der Waals surface area contributed by atoms with Gasteiger partial charge in [-0.1, -0.05) is 0 Å². The summed E-state index contributed by atoms with van der Waals surface area (Å²) in [6, 6.07) is 6.08. The third kappa shape index (κ3) is 1.98. The van der Waals surface area contributed by atoms with E-state index in [1.807, 2.05) is 0 Å². The quantitative estimate of drug-likeness (QED) is 0.574. The maximum Gasteiger partial charge on any atom is 0.287 e. The molecule has 0 bridgehead atoms. The van der Waals surface area contributed by atoms with Gasteiger partial charge in [0.05, 0.1) is 18.1 Å². The molecule has 1 fully saturated rings. The van der Waals surface area contributed by atoms with Crippen LogP contribution < -0.4 is 0 Å². The van der Waals surface area contributed by atoms with Crippen LogP contribution in [0.25, 0.3) is 0 Å². The Hall–Kier alpha value is -1.97. The van der Waals surface area contributed by atoms with Gasteiger partial charge in [-0.15, -0.1) is 0 Å². The van der Waals surface area contributed by atoms with Gasteiger partial charge >= 0.3 is 0 Å². The summed E-state index contributed by atoms with van der Waals surface area (Å²) in [5.41, 5.74) is 0.405. The van der Waals surface area contributed by atoms with Crippen LogP contribution in [0.3, 0.4) is 0 Å². The molecule has 0 radical (unpaired) electrons. The molecular weight excluding hydrogens is 224 g/mol. The van der Waals surface area contributed by atoms with Crippen molar-refractivity contribution in [3.8, 4) is 6.07 Å². The van der Waals surface area contributed by atoms with E-state index in [4.69, 9.17) is 14.7 Å². The van der Waals surface area contributed by atoms with Crippen LogP contribution in [0.5, 0.6) is 0 Å². The van der Waals surface area contributed by atoms with Gasteiger partial charge in [0.25, 0.3) is 5.69 Å². The van der Waals surface area contributed by atoms with E-state index in [2.05, 4.69) is 0 Å². The van der Waals surface area contributed by atoms with E-state index in [0.29, 0.717) is 18.8 Å². The first-order chi connectivity index (χ1) is 8.07. The summed E-state index contributed by atoms with van der Waals surface area (Å²) >= 11 is 0. The fourth-order valence-corrected chi connectivity index (χ4v) is 1.75. The SMILES string of the molecule is CC1(c2ccc([N+](=O)[O-])c(C#N)c2)OCCO1. The van der Waals surface area contributed by atoms with Crippen molar-refractivity contribution in [2.45, 2.75) is 12.7 Å². The first-order valence-electron chi connectivity index (χ1n) is 5.04. The Kier molecular flexibility index (Phi) is 2.79. The van der Waals surface area contributed by atoms with Crippen LogP contribution in [0.1, 0.15) is 18.1 Å². The zero-order chi connectivity index (χ0) is 12.5. The van der Waals surface area contributed by atoms with Gasteiger partial charge in [-0.25, -0.2) is 0 Å². The predicted octanol–water partition coefficient (Wildman–Crippen LogP) is 1.69. The molecule has 0 spiro atoms. The molecule has 6 heteroatoms. The molecule has 1 aliphatic rings. The normalized spacial score (nSPS) is 17.6. The predicted molar refractivity (Wildman–Crippen MR) is 57.1 cm³/mol. The minimum atomic E-state index is -0.916. The molecule has 0 unspecified atom stereocenters. The Labute approximate surface area is 97.5 Å². The molecule has 1 aliphatic heterocycles. The van der Waals surface area contributed by atoms with E-state index in [1.165, 1.54) is 12.1 Å². The second kappa shape index (κ2) is 4.13. The zero-order valence-electron chi connectivity index (χ0n) is 9.17. The summed E-state index contributed by atoms with van der Waals surface area (Å²) in [6.07, 6.45) is 0. The molecule has 88 valence electrons. The van der Waals surface area contributed by atoms with Gasteiger partial charge in [-0.05, 0) is 19.1 Å². The Balaban J connectivity index is 2.45. The highest BCUT2D eigenvalue weighted by Gasteiger charge is 2.34. The standard InChI is InChI=1S/C11H10N2O4/c1-11(16-4-5-17-11)9-2-3-10(13(14)15)8(6-9)7-12/h2-3,6H,4-5H2,1H3. The third-order valence-electron chi connectivity index (χ3n) is 2.68. The van der Waals surface area contributed by atoms with Crippen LogP contribution in [0.2, 0.25) is 0 Å². The molecule has 6 nitrogen and oxygen atoms in total. The average Bonchev–Trinajstić information content (AvgIpc) is 2.76. The first-order valence-corrected chi connectivity index (χ1v) is 5.04. The summed E-state index contributed by atoms with van der Waals surface area (Å²) in [7, 11) is 0. The molecular formula is C11H10N2O4. The van der Waals surface area contributed by atoms with Gasteiger partial charge in [0.15, 0.2) is 5.79 Å². The van der Waals surface area contributed by atoms with E-state index >= 15 is 0 Å². The summed E-state index contributed by atoms with van der Waals surface area (Å²) in [4.78, 5) is 10.1. The van der Waals surface area contributed by atoms with Crippen LogP contribution in [0.15, 0.2) is 18.2 Å². The van der Waals surface area contributed by atoms with Crippen LogP contribution in [0.4, 0.5) is 5.69 Å². The number of nitriles is 1. The van der Waals surface area contributed by atoms with E-state index in [1.54, 1.807) is 19.1 Å². The summed E-state index contributed by atoms with van der Waals surface area (Å²) in [5.74, 6) is -0.916. The highest BCUT2D eigenvalue weighted by molar-refractivity contribution is 5.51.